The van der Waals surface area contributed by atoms with Crippen molar-refractivity contribution >= 4 is 29.1 Å². The summed E-state index contributed by atoms with van der Waals surface area (Å²) in [4.78, 5) is 27.1. The zero-order valence-electron chi connectivity index (χ0n) is 11.3. The van der Waals surface area contributed by atoms with Crippen LogP contribution in [0.4, 0.5) is 5.69 Å². The lowest BCUT2D eigenvalue weighted by Crippen LogP contribution is -2.35. The molecule has 4 heteroatoms. The van der Waals surface area contributed by atoms with Crippen molar-refractivity contribution in [3.63, 3.8) is 0 Å². The topological polar surface area (TPSA) is 37.4 Å². The van der Waals surface area contributed by atoms with Crippen molar-refractivity contribution in [2.75, 3.05) is 11.4 Å². The lowest BCUT2D eigenvalue weighted by atomic mass is 10.1. The van der Waals surface area contributed by atoms with Gasteiger partial charge in [0, 0.05) is 16.7 Å². The van der Waals surface area contributed by atoms with Crippen molar-refractivity contribution in [3.8, 4) is 0 Å². The molecule has 21 heavy (non-hydrogen) atoms. The molecule has 4 rings (SSSR count). The Balaban J connectivity index is 1.59. The summed E-state index contributed by atoms with van der Waals surface area (Å²) < 4.78 is 0. The SMILES string of the molecule is O=C1C(=O)N(CC2Cc3ccccc3S2)c2ccccc21. The molecule has 0 N–H and O–H groups in total. The number of thioether (sulfide) groups is 1. The average Bonchev–Trinajstić information content (AvgIpc) is 3.02. The van der Waals surface area contributed by atoms with Gasteiger partial charge in [-0.25, -0.2) is 0 Å². The third-order valence-corrected chi connectivity index (χ3v) is 5.28. The van der Waals surface area contributed by atoms with Crippen LogP contribution in [0.1, 0.15) is 15.9 Å². The second-order valence-corrected chi connectivity index (χ2v) is 6.66. The van der Waals surface area contributed by atoms with Gasteiger partial charge in [0.15, 0.2) is 0 Å². The van der Waals surface area contributed by atoms with Crippen molar-refractivity contribution in [1.29, 1.82) is 0 Å². The minimum Gasteiger partial charge on any atom is -0.304 e. The number of benzene rings is 2. The van der Waals surface area contributed by atoms with Crippen molar-refractivity contribution in [3.05, 3.63) is 59.7 Å². The van der Waals surface area contributed by atoms with Gasteiger partial charge in [-0.05, 0) is 30.2 Å². The van der Waals surface area contributed by atoms with Crippen LogP contribution < -0.4 is 4.90 Å². The maximum absolute atomic E-state index is 12.2. The van der Waals surface area contributed by atoms with Crippen LogP contribution in [0.25, 0.3) is 0 Å². The predicted molar refractivity (Wildman–Crippen MR) is 82.9 cm³/mol. The highest BCUT2D eigenvalue weighted by Gasteiger charge is 2.37. The van der Waals surface area contributed by atoms with Crippen LogP contribution in [0.3, 0.4) is 0 Å². The molecule has 0 radical (unpaired) electrons. The standard InChI is InChI=1S/C17H13NO2S/c19-16-13-6-2-3-7-14(13)18(17(16)20)10-12-9-11-5-1-4-8-15(11)21-12/h1-8,12H,9-10H2. The maximum Gasteiger partial charge on any atom is 0.299 e. The molecule has 1 atom stereocenters. The number of carbonyl (C=O) groups is 2. The van der Waals surface area contributed by atoms with Crippen LogP contribution in [0, 0.1) is 0 Å². The van der Waals surface area contributed by atoms with Crippen LogP contribution in [-0.4, -0.2) is 23.5 Å². The quantitative estimate of drug-likeness (QED) is 0.799. The molecule has 0 spiro atoms. The number of carbonyl (C=O) groups excluding carboxylic acids is 2. The van der Waals surface area contributed by atoms with E-state index in [2.05, 4.69) is 12.1 Å². The summed E-state index contributed by atoms with van der Waals surface area (Å²) in [7, 11) is 0. The normalized spacial score (nSPS) is 19.8. The first-order valence-electron chi connectivity index (χ1n) is 6.94. The van der Waals surface area contributed by atoms with Gasteiger partial charge in [0.05, 0.1) is 11.3 Å². The second-order valence-electron chi connectivity index (χ2n) is 5.31. The van der Waals surface area contributed by atoms with Crippen LogP contribution in [0.15, 0.2) is 53.4 Å². The summed E-state index contributed by atoms with van der Waals surface area (Å²) in [5.74, 6) is -0.779. The van der Waals surface area contributed by atoms with Gasteiger partial charge in [0.25, 0.3) is 11.7 Å². The lowest BCUT2D eigenvalue weighted by Gasteiger charge is -2.20. The Kier molecular flexibility index (Phi) is 2.86. The smallest absolute Gasteiger partial charge is 0.299 e. The predicted octanol–water partition coefficient (Wildman–Crippen LogP) is 2.93. The molecule has 0 saturated carbocycles. The average molecular weight is 295 g/mol. The van der Waals surface area contributed by atoms with Gasteiger partial charge >= 0.3 is 0 Å². The second kappa shape index (κ2) is 4.74. The monoisotopic (exact) mass is 295 g/mol. The van der Waals surface area contributed by atoms with E-state index < -0.39 is 5.91 Å². The Morgan fingerprint density at radius 3 is 2.67 bits per heavy atom. The summed E-state index contributed by atoms with van der Waals surface area (Å²) in [6.07, 6.45) is 0.945. The van der Waals surface area contributed by atoms with E-state index in [0.29, 0.717) is 17.4 Å². The summed E-state index contributed by atoms with van der Waals surface area (Å²) >= 11 is 1.80. The van der Waals surface area contributed by atoms with Crippen molar-refractivity contribution < 1.29 is 9.59 Å². The number of nitrogens with zero attached hydrogens (tertiary/aromatic N) is 1. The highest BCUT2D eigenvalue weighted by Crippen LogP contribution is 2.39. The molecule has 0 saturated heterocycles. The Morgan fingerprint density at radius 2 is 1.81 bits per heavy atom. The number of ketones is 1. The number of fused-ring (bicyclic) bond motifs is 2. The van der Waals surface area contributed by atoms with E-state index in [-0.39, 0.29) is 5.78 Å². The van der Waals surface area contributed by atoms with E-state index in [1.54, 1.807) is 28.8 Å². The Morgan fingerprint density at radius 1 is 1.05 bits per heavy atom. The molecule has 0 aromatic heterocycles. The van der Waals surface area contributed by atoms with Crippen LogP contribution in [0.5, 0.6) is 0 Å². The van der Waals surface area contributed by atoms with E-state index in [1.807, 2.05) is 24.3 Å². The van der Waals surface area contributed by atoms with Gasteiger partial charge in [-0.3, -0.25) is 9.59 Å². The van der Waals surface area contributed by atoms with E-state index >= 15 is 0 Å². The molecule has 2 aliphatic rings. The number of hydrogen-bond acceptors (Lipinski definition) is 3. The molecule has 0 aliphatic carbocycles. The molecular weight excluding hydrogens is 282 g/mol. The van der Waals surface area contributed by atoms with Crippen molar-refractivity contribution in [2.45, 2.75) is 16.6 Å². The van der Waals surface area contributed by atoms with Gasteiger partial charge in [0.2, 0.25) is 0 Å². The molecule has 2 aromatic carbocycles. The summed E-state index contributed by atoms with van der Waals surface area (Å²) in [5.41, 5.74) is 2.62. The molecular formula is C17H13NO2S. The Hall–Kier alpha value is -2.07. The molecule has 2 aromatic rings. The molecule has 0 fully saturated rings. The first-order valence-corrected chi connectivity index (χ1v) is 7.82. The van der Waals surface area contributed by atoms with Crippen LogP contribution >= 0.6 is 11.8 Å². The Bertz CT molecular complexity index is 731. The highest BCUT2D eigenvalue weighted by atomic mass is 32.2. The lowest BCUT2D eigenvalue weighted by molar-refractivity contribution is -0.114. The van der Waals surface area contributed by atoms with Gasteiger partial charge in [-0.1, -0.05) is 30.3 Å². The summed E-state index contributed by atoms with van der Waals surface area (Å²) in [5, 5.41) is 0.310. The third-order valence-electron chi connectivity index (χ3n) is 3.98. The van der Waals surface area contributed by atoms with Crippen LogP contribution in [-0.2, 0) is 11.2 Å². The number of Topliss-reactive ketones (excluding diaryl/α,β-unsaturated/α-hetero) is 1. The number of amides is 1. The summed E-state index contributed by atoms with van der Waals surface area (Å²) in [6, 6.07) is 15.6. The van der Waals surface area contributed by atoms with Gasteiger partial charge in [-0.2, -0.15) is 0 Å². The third kappa shape index (κ3) is 1.98. The van der Waals surface area contributed by atoms with E-state index in [1.165, 1.54) is 10.5 Å². The minimum absolute atomic E-state index is 0.310. The van der Waals surface area contributed by atoms with Crippen LogP contribution in [0.2, 0.25) is 0 Å². The Labute approximate surface area is 127 Å². The van der Waals surface area contributed by atoms with E-state index in [9.17, 15) is 9.59 Å². The minimum atomic E-state index is -0.396. The first-order chi connectivity index (χ1) is 10.2. The number of para-hydroxylation sites is 1. The summed E-state index contributed by atoms with van der Waals surface area (Å²) in [6.45, 7) is 0.584. The molecule has 1 amide bonds. The first kappa shape index (κ1) is 12.7. The highest BCUT2D eigenvalue weighted by molar-refractivity contribution is 8.00. The van der Waals surface area contributed by atoms with Crippen molar-refractivity contribution in [2.24, 2.45) is 0 Å². The molecule has 2 aliphatic heterocycles. The fraction of sp³-hybridized carbons (Fsp3) is 0.176. The molecule has 3 nitrogen and oxygen atoms in total. The zero-order chi connectivity index (χ0) is 14.4. The largest absolute Gasteiger partial charge is 0.304 e. The molecule has 1 unspecified atom stereocenters. The van der Waals surface area contributed by atoms with E-state index in [4.69, 9.17) is 0 Å². The fourth-order valence-corrected chi connectivity index (χ4v) is 4.29. The number of rotatable bonds is 2. The number of hydrogen-bond donors (Lipinski definition) is 0. The van der Waals surface area contributed by atoms with Crippen molar-refractivity contribution in [1.82, 2.24) is 0 Å². The molecule has 104 valence electrons. The maximum atomic E-state index is 12.2. The zero-order valence-corrected chi connectivity index (χ0v) is 12.1. The van der Waals surface area contributed by atoms with Gasteiger partial charge in [0.1, 0.15) is 0 Å². The van der Waals surface area contributed by atoms with Gasteiger partial charge in [-0.15, -0.1) is 11.8 Å². The molecule has 2 heterocycles. The van der Waals surface area contributed by atoms with E-state index in [0.717, 1.165) is 12.1 Å². The fourth-order valence-electron chi connectivity index (χ4n) is 2.99. The number of anilines is 1. The molecule has 0 bridgehead atoms. The van der Waals surface area contributed by atoms with Gasteiger partial charge < -0.3 is 4.90 Å².